The number of alkyl halides is 3. The predicted molar refractivity (Wildman–Crippen MR) is 91.1 cm³/mol. The zero-order valence-corrected chi connectivity index (χ0v) is 14.1. The van der Waals surface area contributed by atoms with Crippen LogP contribution in [0, 0.1) is 0 Å². The van der Waals surface area contributed by atoms with Gasteiger partial charge in [-0.25, -0.2) is 4.99 Å². The Morgan fingerprint density at radius 2 is 1.96 bits per heavy atom. The number of amidine groups is 1. The standard InChI is InChI=1S/C14H8BCl2F3N2OS/c15-11-4-3-10(24-11)12-21-13(23,14(18,19)20)6-22(12)9-5-7(16)1-2-8(9)17/h1-5,23H,6H2. The van der Waals surface area contributed by atoms with Crippen LogP contribution in [0.3, 0.4) is 0 Å². The van der Waals surface area contributed by atoms with Gasteiger partial charge in [0.15, 0.2) is 0 Å². The van der Waals surface area contributed by atoms with Gasteiger partial charge in [0.25, 0.3) is 5.72 Å². The number of halogens is 5. The second kappa shape index (κ2) is 5.95. The number of β-amino-alcohol motifs (C(OH)–C–C–N with tert-alkyl or cyclic N) is 1. The maximum Gasteiger partial charge on any atom is 0.440 e. The summed E-state index contributed by atoms with van der Waals surface area (Å²) in [5.74, 6) is -0.0688. The van der Waals surface area contributed by atoms with E-state index in [9.17, 15) is 18.3 Å². The van der Waals surface area contributed by atoms with Crippen LogP contribution in [0.2, 0.25) is 10.0 Å². The minimum absolute atomic E-state index is 0.0688. The molecule has 0 amide bonds. The van der Waals surface area contributed by atoms with Gasteiger partial charge in [-0.15, -0.1) is 11.3 Å². The van der Waals surface area contributed by atoms with Gasteiger partial charge in [0.05, 0.1) is 22.1 Å². The van der Waals surface area contributed by atoms with Crippen LogP contribution in [-0.4, -0.2) is 37.2 Å². The third-order valence-electron chi connectivity index (χ3n) is 3.43. The van der Waals surface area contributed by atoms with Crippen LogP contribution in [0.25, 0.3) is 0 Å². The minimum atomic E-state index is -4.94. The van der Waals surface area contributed by atoms with Crippen LogP contribution in [-0.2, 0) is 0 Å². The third-order valence-corrected chi connectivity index (χ3v) is 4.89. The van der Waals surface area contributed by atoms with Crippen molar-refractivity contribution in [3.05, 3.63) is 45.3 Å². The van der Waals surface area contributed by atoms with Gasteiger partial charge in [-0.1, -0.05) is 29.3 Å². The lowest BCUT2D eigenvalue weighted by atomic mass is 10.1. The van der Waals surface area contributed by atoms with E-state index in [2.05, 4.69) is 4.99 Å². The van der Waals surface area contributed by atoms with Crippen molar-refractivity contribution in [1.82, 2.24) is 0 Å². The number of aliphatic imine (C=N–C) groups is 1. The lowest BCUT2D eigenvalue weighted by Crippen LogP contribution is -2.47. The number of aliphatic hydroxyl groups is 1. The molecule has 1 aromatic heterocycles. The number of benzene rings is 1. The minimum Gasteiger partial charge on any atom is -0.361 e. The lowest BCUT2D eigenvalue weighted by molar-refractivity contribution is -0.249. The molecule has 2 heterocycles. The van der Waals surface area contributed by atoms with Crippen molar-refractivity contribution < 1.29 is 18.3 Å². The Balaban J connectivity index is 2.14. The van der Waals surface area contributed by atoms with Gasteiger partial charge >= 0.3 is 6.18 Å². The molecule has 2 radical (unpaired) electrons. The van der Waals surface area contributed by atoms with Gasteiger partial charge in [0.1, 0.15) is 13.7 Å². The second-order valence-corrected chi connectivity index (χ2v) is 7.09. The van der Waals surface area contributed by atoms with E-state index in [0.717, 1.165) is 11.3 Å². The monoisotopic (exact) mass is 390 g/mol. The zero-order chi connectivity index (χ0) is 17.7. The Morgan fingerprint density at radius 1 is 1.25 bits per heavy atom. The molecule has 0 bridgehead atoms. The van der Waals surface area contributed by atoms with E-state index in [1.807, 2.05) is 0 Å². The molecule has 1 atom stereocenters. The van der Waals surface area contributed by atoms with Gasteiger partial charge in [0.2, 0.25) is 0 Å². The maximum atomic E-state index is 13.2. The van der Waals surface area contributed by atoms with Crippen molar-refractivity contribution in [2.24, 2.45) is 4.99 Å². The zero-order valence-electron chi connectivity index (χ0n) is 11.8. The van der Waals surface area contributed by atoms with Crippen LogP contribution >= 0.6 is 34.5 Å². The van der Waals surface area contributed by atoms with Crippen LogP contribution in [0.5, 0.6) is 0 Å². The van der Waals surface area contributed by atoms with E-state index in [1.54, 1.807) is 6.07 Å². The molecule has 1 aliphatic heterocycles. The first-order valence-electron chi connectivity index (χ1n) is 6.58. The molecule has 3 nitrogen and oxygen atoms in total. The summed E-state index contributed by atoms with van der Waals surface area (Å²) in [6.45, 7) is -0.830. The average molecular weight is 391 g/mol. The average Bonchev–Trinajstić information content (AvgIpc) is 3.05. The number of rotatable bonds is 2. The van der Waals surface area contributed by atoms with E-state index in [0.29, 0.717) is 14.7 Å². The number of hydrogen-bond acceptors (Lipinski definition) is 4. The Bertz CT molecular complexity index is 827. The van der Waals surface area contributed by atoms with Gasteiger partial charge in [0, 0.05) is 5.02 Å². The SMILES string of the molecule is [B]c1ccc(C2=NC(O)(C(F)(F)F)CN2c2cc(Cl)ccc2Cl)s1. The Morgan fingerprint density at radius 3 is 2.54 bits per heavy atom. The molecule has 2 aromatic rings. The number of hydrogen-bond donors (Lipinski definition) is 1. The van der Waals surface area contributed by atoms with Crippen LogP contribution in [0.4, 0.5) is 18.9 Å². The lowest BCUT2D eigenvalue weighted by Gasteiger charge is -2.26. The number of nitrogens with zero attached hydrogens (tertiary/aromatic N) is 2. The van der Waals surface area contributed by atoms with Gasteiger partial charge in [-0.3, -0.25) is 0 Å². The topological polar surface area (TPSA) is 35.8 Å². The molecular weight excluding hydrogens is 383 g/mol. The summed E-state index contributed by atoms with van der Waals surface area (Å²) in [4.78, 5) is 5.10. The van der Waals surface area contributed by atoms with Crippen LogP contribution in [0.15, 0.2) is 35.3 Å². The van der Waals surface area contributed by atoms with E-state index in [-0.39, 0.29) is 16.5 Å². The summed E-state index contributed by atoms with van der Waals surface area (Å²) in [7, 11) is 5.65. The van der Waals surface area contributed by atoms with Crippen molar-refractivity contribution in [2.75, 3.05) is 11.4 Å². The van der Waals surface area contributed by atoms with Crippen molar-refractivity contribution in [1.29, 1.82) is 0 Å². The highest BCUT2D eigenvalue weighted by Gasteiger charge is 2.59. The van der Waals surface area contributed by atoms with E-state index >= 15 is 0 Å². The first-order valence-corrected chi connectivity index (χ1v) is 8.15. The number of anilines is 1. The fraction of sp³-hybridized carbons (Fsp3) is 0.214. The molecule has 10 heteroatoms. The molecule has 0 spiro atoms. The first kappa shape index (κ1) is 17.6. The molecule has 1 aromatic carbocycles. The Hall–Kier alpha value is -1.22. The van der Waals surface area contributed by atoms with Gasteiger partial charge < -0.3 is 10.0 Å². The number of thiophene rings is 1. The van der Waals surface area contributed by atoms with Crippen molar-refractivity contribution in [3.63, 3.8) is 0 Å². The molecule has 24 heavy (non-hydrogen) atoms. The molecule has 3 rings (SSSR count). The highest BCUT2D eigenvalue weighted by Crippen LogP contribution is 2.41. The predicted octanol–water partition coefficient (Wildman–Crippen LogP) is 3.37. The van der Waals surface area contributed by atoms with E-state index in [1.165, 1.54) is 29.2 Å². The fourth-order valence-corrected chi connectivity index (χ4v) is 3.43. The van der Waals surface area contributed by atoms with Crippen LogP contribution in [0.1, 0.15) is 4.88 Å². The van der Waals surface area contributed by atoms with Crippen molar-refractivity contribution in [3.8, 4) is 0 Å². The molecule has 1 unspecified atom stereocenters. The normalized spacial score (nSPS) is 21.2. The summed E-state index contributed by atoms with van der Waals surface area (Å²) in [6, 6.07) is 7.47. The highest BCUT2D eigenvalue weighted by atomic mass is 35.5. The highest BCUT2D eigenvalue weighted by molar-refractivity contribution is 7.21. The maximum absolute atomic E-state index is 13.2. The summed E-state index contributed by atoms with van der Waals surface area (Å²) in [5.41, 5.74) is -3.03. The molecule has 1 aliphatic rings. The van der Waals surface area contributed by atoms with Gasteiger partial charge in [-0.2, -0.15) is 13.2 Å². The molecule has 0 saturated carbocycles. The Labute approximate surface area is 150 Å². The second-order valence-electron chi connectivity index (χ2n) is 5.13. The molecular formula is C14H8BCl2F3N2OS. The molecule has 1 N–H and O–H groups in total. The fourth-order valence-electron chi connectivity index (χ4n) is 2.27. The third kappa shape index (κ3) is 3.03. The van der Waals surface area contributed by atoms with E-state index in [4.69, 9.17) is 31.0 Å². The summed E-state index contributed by atoms with van der Waals surface area (Å²) in [5, 5.41) is 10.5. The molecule has 0 aliphatic carbocycles. The summed E-state index contributed by atoms with van der Waals surface area (Å²) >= 11 is 13.1. The summed E-state index contributed by atoms with van der Waals surface area (Å²) < 4.78 is 40.1. The molecule has 0 fully saturated rings. The van der Waals surface area contributed by atoms with E-state index < -0.39 is 18.4 Å². The van der Waals surface area contributed by atoms with Gasteiger partial charge in [-0.05, 0) is 29.0 Å². The van der Waals surface area contributed by atoms with Crippen LogP contribution < -0.4 is 9.68 Å². The smallest absolute Gasteiger partial charge is 0.361 e. The quantitative estimate of drug-likeness (QED) is 0.798. The largest absolute Gasteiger partial charge is 0.440 e. The molecule has 124 valence electrons. The first-order chi connectivity index (χ1) is 11.1. The molecule has 0 saturated heterocycles. The summed E-state index contributed by atoms with van der Waals surface area (Å²) in [6.07, 6.45) is -4.94. The van der Waals surface area contributed by atoms with Crippen molar-refractivity contribution >= 4 is 58.7 Å². The van der Waals surface area contributed by atoms with Crippen molar-refractivity contribution in [2.45, 2.75) is 11.9 Å². The Kier molecular flexibility index (Phi) is 4.36.